The van der Waals surface area contributed by atoms with Gasteiger partial charge in [0.15, 0.2) is 11.6 Å². The highest BCUT2D eigenvalue weighted by Crippen LogP contribution is 2.30. The van der Waals surface area contributed by atoms with E-state index in [2.05, 4.69) is 10.1 Å². The van der Waals surface area contributed by atoms with E-state index in [1.165, 1.54) is 6.39 Å². The predicted octanol–water partition coefficient (Wildman–Crippen LogP) is 2.21. The van der Waals surface area contributed by atoms with Gasteiger partial charge in [0, 0.05) is 6.54 Å². The van der Waals surface area contributed by atoms with E-state index in [1.807, 2.05) is 11.0 Å². The number of aromatic nitrogens is 2. The van der Waals surface area contributed by atoms with E-state index in [1.54, 1.807) is 0 Å². The maximum Gasteiger partial charge on any atom is 0.289 e. The summed E-state index contributed by atoms with van der Waals surface area (Å²) in [4.78, 5) is 18.6. The summed E-state index contributed by atoms with van der Waals surface area (Å²) < 4.78 is 10.3. The van der Waals surface area contributed by atoms with Crippen molar-refractivity contribution in [2.24, 2.45) is 0 Å². The molecule has 3 rings (SSSR count). The van der Waals surface area contributed by atoms with E-state index in [-0.39, 0.29) is 11.9 Å². The SMILES string of the molecule is O=C(C1=CCCCO1)N1CCCCC[C@@H]1c1ncon1. The van der Waals surface area contributed by atoms with Gasteiger partial charge in [-0.1, -0.05) is 18.0 Å². The molecule has 0 saturated carbocycles. The minimum Gasteiger partial charge on any atom is -0.488 e. The normalized spacial score (nSPS) is 23.7. The minimum absolute atomic E-state index is 0.0404. The van der Waals surface area contributed by atoms with Crippen LogP contribution in [0.3, 0.4) is 0 Å². The molecule has 1 aromatic rings. The van der Waals surface area contributed by atoms with Crippen molar-refractivity contribution in [1.82, 2.24) is 15.0 Å². The lowest BCUT2D eigenvalue weighted by Crippen LogP contribution is -2.37. The number of likely N-dealkylation sites (tertiary alicyclic amines) is 1. The molecule has 20 heavy (non-hydrogen) atoms. The Balaban J connectivity index is 1.83. The van der Waals surface area contributed by atoms with E-state index >= 15 is 0 Å². The molecule has 2 aliphatic rings. The van der Waals surface area contributed by atoms with Crippen LogP contribution in [0.25, 0.3) is 0 Å². The molecule has 0 spiro atoms. The average molecular weight is 277 g/mol. The maximum atomic E-state index is 12.7. The smallest absolute Gasteiger partial charge is 0.289 e. The first-order chi connectivity index (χ1) is 9.86. The quantitative estimate of drug-likeness (QED) is 0.829. The highest BCUT2D eigenvalue weighted by molar-refractivity contribution is 5.91. The number of allylic oxidation sites excluding steroid dienone is 1. The highest BCUT2D eigenvalue weighted by atomic mass is 16.5. The van der Waals surface area contributed by atoms with Gasteiger partial charge in [0.1, 0.15) is 0 Å². The molecule has 1 saturated heterocycles. The summed E-state index contributed by atoms with van der Waals surface area (Å²) in [5.74, 6) is 1.03. The molecule has 0 unspecified atom stereocenters. The fourth-order valence-electron chi connectivity index (χ4n) is 2.79. The fraction of sp³-hybridized carbons (Fsp3) is 0.643. The summed E-state index contributed by atoms with van der Waals surface area (Å²) in [5.41, 5.74) is 0. The Bertz CT molecular complexity index is 484. The van der Waals surface area contributed by atoms with Crippen molar-refractivity contribution in [2.75, 3.05) is 13.2 Å². The van der Waals surface area contributed by atoms with Gasteiger partial charge in [-0.2, -0.15) is 4.98 Å². The summed E-state index contributed by atoms with van der Waals surface area (Å²) in [7, 11) is 0. The van der Waals surface area contributed by atoms with Crippen LogP contribution in [-0.4, -0.2) is 34.1 Å². The third-order valence-electron chi connectivity index (χ3n) is 3.84. The van der Waals surface area contributed by atoms with Crippen molar-refractivity contribution in [3.8, 4) is 0 Å². The summed E-state index contributed by atoms with van der Waals surface area (Å²) in [6, 6.07) is -0.102. The number of ether oxygens (including phenoxy) is 1. The van der Waals surface area contributed by atoms with Crippen molar-refractivity contribution < 1.29 is 14.1 Å². The van der Waals surface area contributed by atoms with E-state index in [9.17, 15) is 4.79 Å². The Morgan fingerprint density at radius 3 is 3.00 bits per heavy atom. The average Bonchev–Trinajstić information content (AvgIpc) is 2.92. The van der Waals surface area contributed by atoms with Crippen molar-refractivity contribution in [1.29, 1.82) is 0 Å². The molecule has 0 bridgehead atoms. The molecule has 0 radical (unpaired) electrons. The van der Waals surface area contributed by atoms with Crippen molar-refractivity contribution in [3.05, 3.63) is 24.1 Å². The molecule has 3 heterocycles. The third-order valence-corrected chi connectivity index (χ3v) is 3.84. The Morgan fingerprint density at radius 1 is 1.30 bits per heavy atom. The van der Waals surface area contributed by atoms with Gasteiger partial charge in [0.2, 0.25) is 6.39 Å². The molecule has 1 aromatic heterocycles. The van der Waals surface area contributed by atoms with Crippen molar-refractivity contribution in [3.63, 3.8) is 0 Å². The first-order valence-corrected chi connectivity index (χ1v) is 7.26. The zero-order chi connectivity index (χ0) is 13.8. The van der Waals surface area contributed by atoms with E-state index in [0.29, 0.717) is 18.2 Å². The van der Waals surface area contributed by atoms with Crippen LogP contribution in [0.4, 0.5) is 0 Å². The summed E-state index contributed by atoms with van der Waals surface area (Å²) >= 11 is 0. The van der Waals surface area contributed by atoms with Crippen molar-refractivity contribution in [2.45, 2.75) is 44.6 Å². The first kappa shape index (κ1) is 13.1. The molecule has 0 aromatic carbocycles. The summed E-state index contributed by atoms with van der Waals surface area (Å²) in [6.07, 6.45) is 9.17. The van der Waals surface area contributed by atoms with Crippen LogP contribution < -0.4 is 0 Å². The summed E-state index contributed by atoms with van der Waals surface area (Å²) in [5, 5.41) is 3.92. The van der Waals surface area contributed by atoms with Crippen LogP contribution in [0.5, 0.6) is 0 Å². The molecule has 2 aliphatic heterocycles. The van der Waals surface area contributed by atoms with E-state index in [4.69, 9.17) is 9.26 Å². The number of nitrogens with zero attached hydrogens (tertiary/aromatic N) is 3. The number of hydrogen-bond donors (Lipinski definition) is 0. The van der Waals surface area contributed by atoms with Gasteiger partial charge in [-0.05, 0) is 31.8 Å². The number of amides is 1. The lowest BCUT2D eigenvalue weighted by atomic mass is 10.1. The topological polar surface area (TPSA) is 68.5 Å². The van der Waals surface area contributed by atoms with Gasteiger partial charge in [-0.25, -0.2) is 0 Å². The van der Waals surface area contributed by atoms with Gasteiger partial charge in [-0.15, -0.1) is 0 Å². The fourth-order valence-corrected chi connectivity index (χ4v) is 2.79. The predicted molar refractivity (Wildman–Crippen MR) is 70.5 cm³/mol. The van der Waals surface area contributed by atoms with Gasteiger partial charge in [-0.3, -0.25) is 4.79 Å². The second-order valence-electron chi connectivity index (χ2n) is 5.21. The van der Waals surface area contributed by atoms with Crippen LogP contribution in [0.2, 0.25) is 0 Å². The molecule has 1 atom stereocenters. The van der Waals surface area contributed by atoms with Gasteiger partial charge >= 0.3 is 0 Å². The number of carbonyl (C=O) groups excluding carboxylic acids is 1. The molecule has 0 N–H and O–H groups in total. The second kappa shape index (κ2) is 6.07. The zero-order valence-corrected chi connectivity index (χ0v) is 11.5. The van der Waals surface area contributed by atoms with Crippen LogP contribution in [0.15, 0.2) is 22.8 Å². The number of hydrogen-bond acceptors (Lipinski definition) is 5. The molecule has 1 amide bonds. The molecular weight excluding hydrogens is 258 g/mol. The standard InChI is InChI=1S/C14H19N3O3/c18-14(12-7-3-5-9-19-12)17-8-4-1-2-6-11(17)13-15-10-20-16-13/h7,10-11H,1-6,8-9H2/t11-/m1/s1. The lowest BCUT2D eigenvalue weighted by Gasteiger charge is -2.29. The monoisotopic (exact) mass is 277 g/mol. The Hall–Kier alpha value is -1.85. The third kappa shape index (κ3) is 2.69. The van der Waals surface area contributed by atoms with Crippen molar-refractivity contribution >= 4 is 5.91 Å². The number of carbonyl (C=O) groups is 1. The molecule has 1 fully saturated rings. The Kier molecular flexibility index (Phi) is 3.99. The van der Waals surface area contributed by atoms with Crippen LogP contribution in [0.1, 0.15) is 50.4 Å². The zero-order valence-electron chi connectivity index (χ0n) is 11.5. The molecule has 6 heteroatoms. The van der Waals surface area contributed by atoms with Crippen LogP contribution >= 0.6 is 0 Å². The molecular formula is C14H19N3O3. The Morgan fingerprint density at radius 2 is 2.25 bits per heavy atom. The van der Waals surface area contributed by atoms with Crippen LogP contribution in [0, 0.1) is 0 Å². The van der Waals surface area contributed by atoms with Gasteiger partial charge in [0.25, 0.3) is 5.91 Å². The largest absolute Gasteiger partial charge is 0.488 e. The maximum absolute atomic E-state index is 12.7. The molecule has 6 nitrogen and oxygen atoms in total. The van der Waals surface area contributed by atoms with Gasteiger partial charge in [0.05, 0.1) is 12.6 Å². The minimum atomic E-state index is -0.102. The highest BCUT2D eigenvalue weighted by Gasteiger charge is 2.32. The van der Waals surface area contributed by atoms with E-state index in [0.717, 1.165) is 45.1 Å². The van der Waals surface area contributed by atoms with Gasteiger partial charge < -0.3 is 14.2 Å². The molecule has 108 valence electrons. The Labute approximate surface area is 117 Å². The lowest BCUT2D eigenvalue weighted by molar-refractivity contribution is -0.133. The first-order valence-electron chi connectivity index (χ1n) is 7.26. The second-order valence-corrected chi connectivity index (χ2v) is 5.21. The van der Waals surface area contributed by atoms with Crippen LogP contribution in [-0.2, 0) is 9.53 Å². The number of rotatable bonds is 2. The summed E-state index contributed by atoms with van der Waals surface area (Å²) in [6.45, 7) is 1.34. The van der Waals surface area contributed by atoms with E-state index < -0.39 is 0 Å². The molecule has 0 aliphatic carbocycles.